The molecule has 0 radical (unpaired) electrons. The fourth-order valence-corrected chi connectivity index (χ4v) is 2.66. The summed E-state index contributed by atoms with van der Waals surface area (Å²) in [6.07, 6.45) is 0. The van der Waals surface area contributed by atoms with Gasteiger partial charge in [0.25, 0.3) is 0 Å². The molecule has 116 valence electrons. The molecular formula is C13H17NO6S. The van der Waals surface area contributed by atoms with Crippen molar-refractivity contribution in [2.24, 2.45) is 0 Å². The maximum absolute atomic E-state index is 12.0. The summed E-state index contributed by atoms with van der Waals surface area (Å²) in [7, 11) is -2.92. The third kappa shape index (κ3) is 3.72. The van der Waals surface area contributed by atoms with Crippen LogP contribution in [0.25, 0.3) is 0 Å². The van der Waals surface area contributed by atoms with E-state index in [1.165, 1.54) is 19.1 Å². The lowest BCUT2D eigenvalue weighted by Crippen LogP contribution is -2.33. The summed E-state index contributed by atoms with van der Waals surface area (Å²) in [5, 5.41) is 7.69. The second-order valence-corrected chi connectivity index (χ2v) is 6.58. The zero-order chi connectivity index (χ0) is 16.4. The first-order chi connectivity index (χ1) is 9.60. The minimum absolute atomic E-state index is 0.00146. The van der Waals surface area contributed by atoms with Gasteiger partial charge in [-0.1, -0.05) is 0 Å². The molecule has 0 fully saturated rings. The Labute approximate surface area is 123 Å². The van der Waals surface area contributed by atoms with Crippen LogP contribution >= 0.6 is 0 Å². The van der Waals surface area contributed by atoms with E-state index in [0.29, 0.717) is 11.1 Å². The van der Waals surface area contributed by atoms with Crippen molar-refractivity contribution in [3.63, 3.8) is 0 Å². The molecule has 0 aromatic heterocycles. The Morgan fingerprint density at radius 2 is 1.86 bits per heavy atom. The molecule has 1 unspecified atom stereocenters. The third-order valence-electron chi connectivity index (χ3n) is 3.16. The molecule has 0 amide bonds. The van der Waals surface area contributed by atoms with Gasteiger partial charge >= 0.3 is 11.9 Å². The Morgan fingerprint density at radius 1 is 1.29 bits per heavy atom. The summed E-state index contributed by atoms with van der Waals surface area (Å²) in [6, 6.07) is 2.72. The van der Waals surface area contributed by atoms with Crippen LogP contribution in [0.3, 0.4) is 0 Å². The number of rotatable bonds is 5. The number of sulfonamides is 1. The normalized spacial score (nSPS) is 12.6. The molecule has 7 nitrogen and oxygen atoms in total. The molecule has 1 atom stereocenters. The fourth-order valence-electron chi connectivity index (χ4n) is 1.69. The van der Waals surface area contributed by atoms with Crippen molar-refractivity contribution in [3.05, 3.63) is 28.8 Å². The third-order valence-corrected chi connectivity index (χ3v) is 4.80. The summed E-state index contributed by atoms with van der Waals surface area (Å²) in [6.45, 7) is 4.49. The second kappa shape index (κ2) is 6.13. The van der Waals surface area contributed by atoms with E-state index in [1.54, 1.807) is 13.8 Å². The van der Waals surface area contributed by atoms with Gasteiger partial charge in [-0.2, -0.15) is 0 Å². The number of carbonyl (C=O) groups is 2. The molecule has 1 aromatic rings. The van der Waals surface area contributed by atoms with Gasteiger partial charge in [-0.25, -0.2) is 13.2 Å². The lowest BCUT2D eigenvalue weighted by molar-refractivity contribution is -0.139. The largest absolute Gasteiger partial charge is 0.478 e. The quantitative estimate of drug-likeness (QED) is 0.793. The predicted octanol–water partition coefficient (Wildman–Crippen LogP) is 1.30. The summed E-state index contributed by atoms with van der Waals surface area (Å²) in [5.41, 5.74) is 1.26. The van der Waals surface area contributed by atoms with Crippen molar-refractivity contribution in [1.29, 1.82) is 0 Å². The molecule has 0 saturated heterocycles. The van der Waals surface area contributed by atoms with E-state index in [-0.39, 0.29) is 11.3 Å². The Balaban J connectivity index is 3.20. The molecule has 8 heteroatoms. The monoisotopic (exact) mass is 315 g/mol. The number of aryl methyl sites for hydroxylation is 1. The minimum atomic E-state index is -4.01. The van der Waals surface area contributed by atoms with E-state index in [4.69, 9.17) is 5.11 Å². The standard InChI is InChI=1S/C13H17NO6S/c1-7-5-10(6-11(8(7)2)12(15)16)14-21(18,19)9(3)13(17)20-4/h5-6,9,14H,1-4H3,(H,15,16). The number of benzene rings is 1. The highest BCUT2D eigenvalue weighted by atomic mass is 32.2. The number of carboxylic acid groups (broad SMARTS) is 1. The molecule has 0 aliphatic heterocycles. The Kier molecular flexibility index (Phi) is 4.95. The molecule has 0 aliphatic carbocycles. The number of methoxy groups -OCH3 is 1. The highest BCUT2D eigenvalue weighted by Crippen LogP contribution is 2.22. The van der Waals surface area contributed by atoms with Gasteiger partial charge < -0.3 is 9.84 Å². The Bertz CT molecular complexity index is 680. The van der Waals surface area contributed by atoms with Gasteiger partial charge in [0.05, 0.1) is 12.7 Å². The summed E-state index contributed by atoms with van der Waals surface area (Å²) in [5.74, 6) is -2.05. The molecule has 1 aromatic carbocycles. The van der Waals surface area contributed by atoms with Gasteiger partial charge in [0, 0.05) is 5.69 Å². The first kappa shape index (κ1) is 17.0. The molecule has 0 saturated carbocycles. The number of carbonyl (C=O) groups excluding carboxylic acids is 1. The average molecular weight is 315 g/mol. The summed E-state index contributed by atoms with van der Waals surface area (Å²) < 4.78 is 30.6. The predicted molar refractivity (Wildman–Crippen MR) is 76.9 cm³/mol. The number of anilines is 1. The van der Waals surface area contributed by atoms with Crippen molar-refractivity contribution in [1.82, 2.24) is 0 Å². The van der Waals surface area contributed by atoms with Crippen LogP contribution in [0.15, 0.2) is 12.1 Å². The number of carboxylic acids is 1. The number of aromatic carboxylic acids is 1. The summed E-state index contributed by atoms with van der Waals surface area (Å²) in [4.78, 5) is 22.4. The van der Waals surface area contributed by atoms with Gasteiger partial charge in [-0.15, -0.1) is 0 Å². The van der Waals surface area contributed by atoms with Crippen LogP contribution in [0, 0.1) is 13.8 Å². The van der Waals surface area contributed by atoms with Gasteiger partial charge in [-0.3, -0.25) is 9.52 Å². The number of ether oxygens (including phenoxy) is 1. The van der Waals surface area contributed by atoms with Gasteiger partial charge in [-0.05, 0) is 44.0 Å². The van der Waals surface area contributed by atoms with Gasteiger partial charge in [0.15, 0.2) is 5.25 Å². The van der Waals surface area contributed by atoms with Crippen molar-refractivity contribution < 1.29 is 27.9 Å². The lowest BCUT2D eigenvalue weighted by atomic mass is 10.0. The Morgan fingerprint density at radius 3 is 2.33 bits per heavy atom. The molecular weight excluding hydrogens is 298 g/mol. The minimum Gasteiger partial charge on any atom is -0.478 e. The molecule has 2 N–H and O–H groups in total. The number of esters is 1. The van der Waals surface area contributed by atoms with Crippen LogP contribution in [-0.4, -0.2) is 37.8 Å². The second-order valence-electron chi connectivity index (χ2n) is 4.58. The SMILES string of the molecule is COC(=O)C(C)S(=O)(=O)Nc1cc(C)c(C)c(C(=O)O)c1. The number of hydrogen-bond acceptors (Lipinski definition) is 5. The maximum atomic E-state index is 12.0. The Hall–Kier alpha value is -2.09. The highest BCUT2D eigenvalue weighted by molar-refractivity contribution is 7.94. The fraction of sp³-hybridized carbons (Fsp3) is 0.385. The first-order valence-corrected chi connectivity index (χ1v) is 7.58. The highest BCUT2D eigenvalue weighted by Gasteiger charge is 2.29. The van der Waals surface area contributed by atoms with E-state index in [9.17, 15) is 18.0 Å². The average Bonchev–Trinajstić information content (AvgIpc) is 2.40. The number of hydrogen-bond donors (Lipinski definition) is 2. The topological polar surface area (TPSA) is 110 Å². The van der Waals surface area contributed by atoms with Crippen LogP contribution in [0.4, 0.5) is 5.69 Å². The van der Waals surface area contributed by atoms with Crippen molar-refractivity contribution in [2.45, 2.75) is 26.0 Å². The zero-order valence-corrected chi connectivity index (χ0v) is 12.9. The van der Waals surface area contributed by atoms with Crippen molar-refractivity contribution >= 4 is 27.6 Å². The van der Waals surface area contributed by atoms with Gasteiger partial charge in [0.1, 0.15) is 0 Å². The van der Waals surface area contributed by atoms with E-state index in [1.807, 2.05) is 0 Å². The molecule has 0 bridgehead atoms. The van der Waals surface area contributed by atoms with Gasteiger partial charge in [0.2, 0.25) is 10.0 Å². The molecule has 21 heavy (non-hydrogen) atoms. The number of nitrogens with one attached hydrogen (secondary N) is 1. The van der Waals surface area contributed by atoms with Crippen LogP contribution in [0.2, 0.25) is 0 Å². The van der Waals surface area contributed by atoms with Crippen molar-refractivity contribution in [2.75, 3.05) is 11.8 Å². The van der Waals surface area contributed by atoms with E-state index >= 15 is 0 Å². The van der Waals surface area contributed by atoms with Crippen LogP contribution < -0.4 is 4.72 Å². The zero-order valence-electron chi connectivity index (χ0n) is 12.1. The van der Waals surface area contributed by atoms with Crippen LogP contribution in [-0.2, 0) is 19.6 Å². The van der Waals surface area contributed by atoms with E-state index in [2.05, 4.69) is 9.46 Å². The van der Waals surface area contributed by atoms with E-state index in [0.717, 1.165) is 7.11 Å². The molecule has 0 aliphatic rings. The van der Waals surface area contributed by atoms with E-state index < -0.39 is 27.2 Å². The van der Waals surface area contributed by atoms with Crippen LogP contribution in [0.5, 0.6) is 0 Å². The maximum Gasteiger partial charge on any atom is 0.336 e. The smallest absolute Gasteiger partial charge is 0.336 e. The van der Waals surface area contributed by atoms with Crippen LogP contribution in [0.1, 0.15) is 28.4 Å². The molecule has 0 heterocycles. The van der Waals surface area contributed by atoms with Crippen molar-refractivity contribution in [3.8, 4) is 0 Å². The lowest BCUT2D eigenvalue weighted by Gasteiger charge is -2.15. The first-order valence-electron chi connectivity index (χ1n) is 6.04. The summed E-state index contributed by atoms with van der Waals surface area (Å²) >= 11 is 0. The molecule has 1 rings (SSSR count). The molecule has 0 spiro atoms.